The van der Waals surface area contributed by atoms with E-state index in [1.54, 1.807) is 0 Å². The molecule has 0 saturated carbocycles. The predicted molar refractivity (Wildman–Crippen MR) is 70.9 cm³/mol. The molecule has 0 amide bonds. The molecule has 0 rings (SSSR count). The van der Waals surface area contributed by atoms with Crippen LogP contribution < -0.4 is 0 Å². The average molecular weight is 207 g/mol. The lowest BCUT2D eigenvalue weighted by atomic mass is 10.1. The number of hydrogen-bond donors (Lipinski definition) is 0. The van der Waals surface area contributed by atoms with Crippen LogP contribution in [0, 0.1) is 6.92 Å². The van der Waals surface area contributed by atoms with Gasteiger partial charge in [0.1, 0.15) is 0 Å². The van der Waals surface area contributed by atoms with Gasteiger partial charge in [-0.2, -0.15) is 0 Å². The van der Waals surface area contributed by atoms with Crippen LogP contribution in [0.5, 0.6) is 0 Å². The maximum atomic E-state index is 3.81. The molecule has 0 heteroatoms. The Morgan fingerprint density at radius 1 is 0.733 bits per heavy atom. The highest BCUT2D eigenvalue weighted by atomic mass is 13.9. The lowest BCUT2D eigenvalue weighted by Crippen LogP contribution is -1.73. The van der Waals surface area contributed by atoms with E-state index >= 15 is 0 Å². The number of hydrogen-bond acceptors (Lipinski definition) is 0. The second kappa shape index (κ2) is 13.5. The highest BCUT2D eigenvalue weighted by Gasteiger charge is 1.84. The van der Waals surface area contributed by atoms with E-state index in [9.17, 15) is 0 Å². The molecular formula is C15H27. The summed E-state index contributed by atoms with van der Waals surface area (Å²) in [6, 6.07) is 0. The van der Waals surface area contributed by atoms with E-state index in [2.05, 4.69) is 38.2 Å². The van der Waals surface area contributed by atoms with Crippen molar-refractivity contribution in [3.63, 3.8) is 0 Å². The fourth-order valence-corrected chi connectivity index (χ4v) is 1.44. The maximum absolute atomic E-state index is 3.81. The van der Waals surface area contributed by atoms with Crippen LogP contribution in [0.25, 0.3) is 0 Å². The standard InChI is InChI=1S/C15H27/c1-3-5-7-9-11-13-15-14-12-10-8-6-4-2/h7,9-10,12H,1,3-6,8,11,13-15H2,2H3. The molecule has 0 N–H and O–H groups in total. The molecule has 0 aliphatic rings. The summed E-state index contributed by atoms with van der Waals surface area (Å²) in [6.45, 7) is 6.05. The minimum Gasteiger partial charge on any atom is -0.0885 e. The third-order valence-corrected chi connectivity index (χ3v) is 2.42. The molecule has 0 heterocycles. The Hall–Kier alpha value is -0.520. The van der Waals surface area contributed by atoms with Crippen molar-refractivity contribution in [1.82, 2.24) is 0 Å². The fourth-order valence-electron chi connectivity index (χ4n) is 1.44. The van der Waals surface area contributed by atoms with E-state index in [4.69, 9.17) is 0 Å². The molecule has 0 saturated heterocycles. The second-order valence-electron chi connectivity index (χ2n) is 4.01. The lowest BCUT2D eigenvalue weighted by Gasteiger charge is -1.93. The van der Waals surface area contributed by atoms with Crippen LogP contribution in [0.3, 0.4) is 0 Å². The fraction of sp³-hybridized carbons (Fsp3) is 0.667. The summed E-state index contributed by atoms with van der Waals surface area (Å²) in [7, 11) is 0. The smallest absolute Gasteiger partial charge is 0.0351 e. The van der Waals surface area contributed by atoms with E-state index < -0.39 is 0 Å². The third kappa shape index (κ3) is 13.5. The number of unbranched alkanes of at least 4 members (excludes halogenated alkanes) is 6. The monoisotopic (exact) mass is 207 g/mol. The van der Waals surface area contributed by atoms with Crippen molar-refractivity contribution in [3.8, 4) is 0 Å². The first-order valence-corrected chi connectivity index (χ1v) is 6.51. The Morgan fingerprint density at radius 2 is 1.20 bits per heavy atom. The van der Waals surface area contributed by atoms with Crippen LogP contribution in [-0.4, -0.2) is 0 Å². The number of allylic oxidation sites excluding steroid dienone is 4. The summed E-state index contributed by atoms with van der Waals surface area (Å²) in [6.07, 6.45) is 20.4. The van der Waals surface area contributed by atoms with Gasteiger partial charge in [0, 0.05) is 0 Å². The Bertz CT molecular complexity index is 153. The van der Waals surface area contributed by atoms with Crippen LogP contribution in [-0.2, 0) is 0 Å². The van der Waals surface area contributed by atoms with Crippen molar-refractivity contribution in [2.75, 3.05) is 0 Å². The van der Waals surface area contributed by atoms with Crippen molar-refractivity contribution in [3.05, 3.63) is 31.2 Å². The van der Waals surface area contributed by atoms with E-state index in [-0.39, 0.29) is 0 Å². The van der Waals surface area contributed by atoms with Crippen LogP contribution in [0.1, 0.15) is 64.7 Å². The Morgan fingerprint density at radius 3 is 1.67 bits per heavy atom. The van der Waals surface area contributed by atoms with Gasteiger partial charge in [0.05, 0.1) is 0 Å². The number of rotatable bonds is 10. The minimum atomic E-state index is 1.02. The van der Waals surface area contributed by atoms with Crippen molar-refractivity contribution < 1.29 is 0 Å². The molecule has 0 aliphatic heterocycles. The lowest BCUT2D eigenvalue weighted by molar-refractivity contribution is 0.754. The zero-order valence-electron chi connectivity index (χ0n) is 10.4. The van der Waals surface area contributed by atoms with E-state index in [0.717, 1.165) is 12.8 Å². The molecule has 15 heavy (non-hydrogen) atoms. The molecule has 0 aromatic heterocycles. The summed E-state index contributed by atoms with van der Waals surface area (Å²) in [4.78, 5) is 0. The van der Waals surface area contributed by atoms with Crippen molar-refractivity contribution in [2.24, 2.45) is 0 Å². The van der Waals surface area contributed by atoms with Crippen molar-refractivity contribution in [1.29, 1.82) is 0 Å². The first-order valence-electron chi connectivity index (χ1n) is 6.51. The van der Waals surface area contributed by atoms with Gasteiger partial charge in [-0.15, -0.1) is 0 Å². The first-order chi connectivity index (χ1) is 7.41. The molecule has 0 spiro atoms. The summed E-state index contributed by atoms with van der Waals surface area (Å²) in [5.74, 6) is 0. The SMILES string of the molecule is [CH2]CCC=CCCCCC=CCCCC. The molecule has 0 nitrogen and oxygen atoms in total. The van der Waals surface area contributed by atoms with Gasteiger partial charge in [-0.25, -0.2) is 0 Å². The van der Waals surface area contributed by atoms with Crippen molar-refractivity contribution >= 4 is 0 Å². The highest BCUT2D eigenvalue weighted by molar-refractivity contribution is 4.83. The van der Waals surface area contributed by atoms with Crippen molar-refractivity contribution in [2.45, 2.75) is 64.7 Å². The molecule has 0 bridgehead atoms. The molecule has 87 valence electrons. The summed E-state index contributed by atoms with van der Waals surface area (Å²) in [5.41, 5.74) is 0. The Kier molecular flexibility index (Phi) is 13.0. The van der Waals surface area contributed by atoms with Gasteiger partial charge in [-0.05, 0) is 44.9 Å². The first kappa shape index (κ1) is 14.5. The quantitative estimate of drug-likeness (QED) is 0.329. The summed E-state index contributed by atoms with van der Waals surface area (Å²) in [5, 5.41) is 0. The van der Waals surface area contributed by atoms with E-state index in [0.29, 0.717) is 0 Å². The van der Waals surface area contributed by atoms with Gasteiger partial charge in [-0.3, -0.25) is 0 Å². The Labute approximate surface area is 96.5 Å². The van der Waals surface area contributed by atoms with Gasteiger partial charge in [0.2, 0.25) is 0 Å². The largest absolute Gasteiger partial charge is 0.0885 e. The van der Waals surface area contributed by atoms with Gasteiger partial charge < -0.3 is 0 Å². The summed E-state index contributed by atoms with van der Waals surface area (Å²) >= 11 is 0. The second-order valence-corrected chi connectivity index (χ2v) is 4.01. The van der Waals surface area contributed by atoms with E-state index in [1.807, 2.05) is 0 Å². The summed E-state index contributed by atoms with van der Waals surface area (Å²) < 4.78 is 0. The maximum Gasteiger partial charge on any atom is -0.0351 e. The zero-order chi connectivity index (χ0) is 11.2. The molecule has 0 atom stereocenters. The van der Waals surface area contributed by atoms with Crippen LogP contribution in [0.2, 0.25) is 0 Å². The van der Waals surface area contributed by atoms with Gasteiger partial charge in [0.25, 0.3) is 0 Å². The Balaban J connectivity index is 3.07. The molecule has 1 radical (unpaired) electrons. The average Bonchev–Trinajstić information content (AvgIpc) is 2.26. The molecular weight excluding hydrogens is 180 g/mol. The molecule has 0 fully saturated rings. The molecule has 0 aromatic rings. The predicted octanol–water partition coefficient (Wildman–Crippen LogP) is 5.46. The normalized spacial score (nSPS) is 11.9. The minimum absolute atomic E-state index is 1.02. The molecule has 0 unspecified atom stereocenters. The zero-order valence-corrected chi connectivity index (χ0v) is 10.4. The third-order valence-electron chi connectivity index (χ3n) is 2.42. The molecule has 0 aromatic carbocycles. The van der Waals surface area contributed by atoms with Gasteiger partial charge in [-0.1, -0.05) is 51.0 Å². The van der Waals surface area contributed by atoms with E-state index in [1.165, 1.54) is 44.9 Å². The van der Waals surface area contributed by atoms with Crippen LogP contribution in [0.4, 0.5) is 0 Å². The topological polar surface area (TPSA) is 0 Å². The van der Waals surface area contributed by atoms with Gasteiger partial charge >= 0.3 is 0 Å². The van der Waals surface area contributed by atoms with Crippen LogP contribution in [0.15, 0.2) is 24.3 Å². The highest BCUT2D eigenvalue weighted by Crippen LogP contribution is 2.04. The van der Waals surface area contributed by atoms with Gasteiger partial charge in [0.15, 0.2) is 0 Å². The van der Waals surface area contributed by atoms with Crippen LogP contribution >= 0.6 is 0 Å². The molecule has 0 aliphatic carbocycles.